The molecule has 0 saturated carbocycles. The number of halogens is 5. The zero-order valence-corrected chi connectivity index (χ0v) is 10.0. The highest BCUT2D eigenvalue weighted by atomic mass is 35.5. The highest BCUT2D eigenvalue weighted by molar-refractivity contribution is 6.30. The van der Waals surface area contributed by atoms with Crippen LogP contribution in [0.15, 0.2) is 18.2 Å². The zero-order valence-electron chi connectivity index (χ0n) is 8.46. The van der Waals surface area contributed by atoms with Crippen LogP contribution in [0.2, 0.25) is 5.02 Å². The van der Waals surface area contributed by atoms with Crippen molar-refractivity contribution in [1.82, 2.24) is 0 Å². The molecular weight excluding hydrogens is 276 g/mol. The van der Waals surface area contributed by atoms with E-state index in [1.54, 1.807) is 6.07 Å². The molecule has 0 unspecified atom stereocenters. The smallest absolute Gasteiger partial charge is 0.323 e. The fourth-order valence-electron chi connectivity index (χ4n) is 1.21. The van der Waals surface area contributed by atoms with E-state index in [2.05, 4.69) is 0 Å². The molecule has 2 nitrogen and oxygen atoms in total. The Balaban J connectivity index is 0.00000256. The summed E-state index contributed by atoms with van der Waals surface area (Å²) < 4.78 is 37.3. The van der Waals surface area contributed by atoms with Crippen LogP contribution < -0.4 is 5.73 Å². The molecule has 0 saturated heterocycles. The summed E-state index contributed by atoms with van der Waals surface area (Å²) in [5.74, 6) is 0. The molecule has 0 amide bonds. The first-order valence-corrected chi connectivity index (χ1v) is 4.72. The van der Waals surface area contributed by atoms with Crippen LogP contribution in [0.25, 0.3) is 0 Å². The van der Waals surface area contributed by atoms with Crippen molar-refractivity contribution in [3.8, 4) is 6.07 Å². The summed E-state index contributed by atoms with van der Waals surface area (Å²) >= 11 is 5.56. The van der Waals surface area contributed by atoms with E-state index in [0.29, 0.717) is 0 Å². The van der Waals surface area contributed by atoms with Crippen molar-refractivity contribution in [2.24, 2.45) is 5.73 Å². The van der Waals surface area contributed by atoms with Gasteiger partial charge in [0.25, 0.3) is 0 Å². The fourth-order valence-corrected chi connectivity index (χ4v) is 1.45. The number of benzene rings is 1. The Labute approximate surface area is 108 Å². The van der Waals surface area contributed by atoms with Crippen LogP contribution in [-0.4, -0.2) is 0 Å². The number of rotatable bonds is 2. The Kier molecular flexibility index (Phi) is 5.76. The fraction of sp³-hybridized carbons (Fsp3) is 0.300. The van der Waals surface area contributed by atoms with Crippen molar-refractivity contribution in [2.45, 2.75) is 18.6 Å². The lowest BCUT2D eigenvalue weighted by Gasteiger charge is -2.12. The van der Waals surface area contributed by atoms with Gasteiger partial charge in [-0.3, -0.25) is 0 Å². The lowest BCUT2D eigenvalue weighted by atomic mass is 10.0. The topological polar surface area (TPSA) is 49.8 Å². The van der Waals surface area contributed by atoms with Crippen molar-refractivity contribution in [2.75, 3.05) is 0 Å². The van der Waals surface area contributed by atoms with Gasteiger partial charge in [-0.25, -0.2) is 0 Å². The molecule has 0 radical (unpaired) electrons. The summed E-state index contributed by atoms with van der Waals surface area (Å²) in [6, 6.07) is 4.10. The molecule has 1 atom stereocenters. The van der Waals surface area contributed by atoms with E-state index in [9.17, 15) is 13.2 Å². The van der Waals surface area contributed by atoms with Gasteiger partial charge < -0.3 is 5.73 Å². The Hall–Kier alpha value is -0.960. The van der Waals surface area contributed by atoms with E-state index < -0.39 is 17.8 Å². The van der Waals surface area contributed by atoms with Crippen LogP contribution in [0.5, 0.6) is 0 Å². The lowest BCUT2D eigenvalue weighted by Crippen LogP contribution is -2.12. The largest absolute Gasteiger partial charge is 0.416 e. The molecule has 0 fully saturated rings. The second-order valence-corrected chi connectivity index (χ2v) is 3.68. The van der Waals surface area contributed by atoms with Crippen molar-refractivity contribution in [3.05, 3.63) is 34.3 Å². The van der Waals surface area contributed by atoms with Gasteiger partial charge in [-0.2, -0.15) is 18.4 Å². The third-order valence-corrected chi connectivity index (χ3v) is 2.21. The molecule has 0 aliphatic heterocycles. The Morgan fingerprint density at radius 1 is 1.35 bits per heavy atom. The minimum atomic E-state index is -4.47. The lowest BCUT2D eigenvalue weighted by molar-refractivity contribution is -0.137. The van der Waals surface area contributed by atoms with Gasteiger partial charge >= 0.3 is 6.18 Å². The second-order valence-electron chi connectivity index (χ2n) is 3.24. The van der Waals surface area contributed by atoms with Crippen LogP contribution >= 0.6 is 24.0 Å². The number of alkyl halides is 3. The SMILES string of the molecule is Cl.N#CC[C@@H](N)c1cc(Cl)cc(C(F)(F)F)c1. The first-order chi connectivity index (χ1) is 7.34. The summed E-state index contributed by atoms with van der Waals surface area (Å²) in [7, 11) is 0. The molecule has 0 aromatic heterocycles. The molecule has 1 aromatic carbocycles. The summed E-state index contributed by atoms with van der Waals surface area (Å²) in [6.07, 6.45) is -4.52. The number of hydrogen-bond acceptors (Lipinski definition) is 2. The third-order valence-electron chi connectivity index (χ3n) is 1.99. The van der Waals surface area contributed by atoms with Crippen molar-refractivity contribution in [3.63, 3.8) is 0 Å². The molecule has 1 aromatic rings. The Bertz CT molecular complexity index is 427. The van der Waals surface area contributed by atoms with Gasteiger partial charge in [0.1, 0.15) is 0 Å². The first kappa shape index (κ1) is 16.0. The monoisotopic (exact) mass is 284 g/mol. The molecule has 0 heterocycles. The molecular formula is C10H9Cl2F3N2. The average molecular weight is 285 g/mol. The molecule has 0 aliphatic carbocycles. The predicted molar refractivity (Wildman–Crippen MR) is 60.9 cm³/mol. The maximum atomic E-state index is 12.4. The van der Waals surface area contributed by atoms with Gasteiger partial charge in [-0.05, 0) is 23.8 Å². The molecule has 0 bridgehead atoms. The Morgan fingerprint density at radius 2 is 1.94 bits per heavy atom. The van der Waals surface area contributed by atoms with Crippen LogP contribution in [0.4, 0.5) is 13.2 Å². The molecule has 1 rings (SSSR count). The van der Waals surface area contributed by atoms with Crippen LogP contribution in [0.3, 0.4) is 0 Å². The third kappa shape index (κ3) is 4.43. The van der Waals surface area contributed by atoms with Crippen molar-refractivity contribution < 1.29 is 13.2 Å². The van der Waals surface area contributed by atoms with Gasteiger partial charge in [-0.15, -0.1) is 12.4 Å². The normalized spacial score (nSPS) is 12.5. The van der Waals surface area contributed by atoms with E-state index in [4.69, 9.17) is 22.6 Å². The maximum absolute atomic E-state index is 12.4. The number of nitriles is 1. The molecule has 94 valence electrons. The number of nitrogens with zero attached hydrogens (tertiary/aromatic N) is 1. The summed E-state index contributed by atoms with van der Waals surface area (Å²) in [6.45, 7) is 0. The summed E-state index contributed by atoms with van der Waals surface area (Å²) in [5, 5.41) is 8.37. The predicted octanol–water partition coefficient (Wildman–Crippen LogP) is 3.69. The van der Waals surface area contributed by atoms with Gasteiger partial charge in [-0.1, -0.05) is 11.6 Å². The molecule has 2 N–H and O–H groups in total. The maximum Gasteiger partial charge on any atom is 0.416 e. The summed E-state index contributed by atoms with van der Waals surface area (Å²) in [4.78, 5) is 0. The minimum Gasteiger partial charge on any atom is -0.323 e. The van der Waals surface area contributed by atoms with Crippen LogP contribution in [0.1, 0.15) is 23.6 Å². The number of nitrogens with two attached hydrogens (primary N) is 1. The number of hydrogen-bond donors (Lipinski definition) is 1. The van der Waals surface area contributed by atoms with Crippen molar-refractivity contribution in [1.29, 1.82) is 5.26 Å². The van der Waals surface area contributed by atoms with E-state index >= 15 is 0 Å². The minimum absolute atomic E-state index is 0. The molecule has 7 heteroatoms. The van der Waals surface area contributed by atoms with Crippen molar-refractivity contribution >= 4 is 24.0 Å². The van der Waals surface area contributed by atoms with Crippen LogP contribution in [-0.2, 0) is 6.18 Å². The van der Waals surface area contributed by atoms with Gasteiger partial charge in [0.15, 0.2) is 0 Å². The average Bonchev–Trinajstić information content (AvgIpc) is 2.16. The van der Waals surface area contributed by atoms with Crippen LogP contribution in [0, 0.1) is 11.3 Å². The van der Waals surface area contributed by atoms with Gasteiger partial charge in [0.05, 0.1) is 18.1 Å². The van der Waals surface area contributed by atoms with E-state index in [1.807, 2.05) is 0 Å². The van der Waals surface area contributed by atoms with E-state index in [1.165, 1.54) is 6.07 Å². The second kappa shape index (κ2) is 6.10. The highest BCUT2D eigenvalue weighted by Gasteiger charge is 2.31. The van der Waals surface area contributed by atoms with E-state index in [-0.39, 0.29) is 29.4 Å². The quantitative estimate of drug-likeness (QED) is 0.900. The molecule has 17 heavy (non-hydrogen) atoms. The Morgan fingerprint density at radius 3 is 2.41 bits per heavy atom. The van der Waals surface area contributed by atoms with Gasteiger partial charge in [0.2, 0.25) is 0 Å². The highest BCUT2D eigenvalue weighted by Crippen LogP contribution is 2.33. The molecule has 0 aliphatic rings. The van der Waals surface area contributed by atoms with E-state index in [0.717, 1.165) is 12.1 Å². The zero-order chi connectivity index (χ0) is 12.3. The molecule has 0 spiro atoms. The van der Waals surface area contributed by atoms with Gasteiger partial charge in [0, 0.05) is 11.1 Å². The first-order valence-electron chi connectivity index (χ1n) is 4.35. The summed E-state index contributed by atoms with van der Waals surface area (Å²) in [5.41, 5.74) is 4.89. The standard InChI is InChI=1S/C10H8ClF3N2.ClH/c11-8-4-6(9(16)1-2-15)3-7(5-8)10(12,13)14;/h3-5,9H,1,16H2;1H/t9-;/m1./s1.